The van der Waals surface area contributed by atoms with E-state index in [1.165, 1.54) is 6.07 Å². The van der Waals surface area contributed by atoms with Crippen molar-refractivity contribution in [2.45, 2.75) is 12.8 Å². The number of hydrogen-bond donors (Lipinski definition) is 2. The van der Waals surface area contributed by atoms with Gasteiger partial charge in [-0.05, 0) is 18.6 Å². The maximum Gasteiger partial charge on any atom is 0.234 e. The van der Waals surface area contributed by atoms with Crippen molar-refractivity contribution in [3.05, 3.63) is 29.8 Å². The molecule has 1 aromatic rings. The molecular weight excluding hydrogens is 230 g/mol. The van der Waals surface area contributed by atoms with Crippen LogP contribution in [0, 0.1) is 11.6 Å². The number of rotatable bonds is 6. The largest absolute Gasteiger partial charge is 0.493 e. The number of halogens is 2. The Bertz CT molecular complexity index is 386. The Morgan fingerprint density at radius 2 is 2.12 bits per heavy atom. The molecule has 0 aliphatic heterocycles. The first kappa shape index (κ1) is 13.4. The fraction of sp³-hybridized carbons (Fsp3) is 0.364. The van der Waals surface area contributed by atoms with Crippen molar-refractivity contribution in [1.82, 2.24) is 10.9 Å². The summed E-state index contributed by atoms with van der Waals surface area (Å²) in [6, 6.07) is 3.31. The molecule has 0 aliphatic carbocycles. The van der Waals surface area contributed by atoms with Crippen molar-refractivity contribution < 1.29 is 18.3 Å². The maximum absolute atomic E-state index is 12.8. The third-order valence-corrected chi connectivity index (χ3v) is 1.97. The molecule has 1 rings (SSSR count). The predicted molar refractivity (Wildman–Crippen MR) is 58.3 cm³/mol. The molecule has 1 aromatic carbocycles. The van der Waals surface area contributed by atoms with Gasteiger partial charge in [0.05, 0.1) is 6.61 Å². The Kier molecular flexibility index (Phi) is 5.35. The zero-order valence-electron chi connectivity index (χ0n) is 9.43. The molecule has 0 unspecified atom stereocenters. The Morgan fingerprint density at radius 3 is 2.76 bits per heavy atom. The minimum atomic E-state index is -0.949. The third kappa shape index (κ3) is 4.78. The zero-order valence-corrected chi connectivity index (χ0v) is 9.43. The molecule has 0 aromatic heterocycles. The predicted octanol–water partition coefficient (Wildman–Crippen LogP) is 1.37. The number of ether oxygens (including phenoxy) is 1. The normalized spacial score (nSPS) is 10.1. The smallest absolute Gasteiger partial charge is 0.234 e. The van der Waals surface area contributed by atoms with Gasteiger partial charge in [-0.25, -0.2) is 14.2 Å². The highest BCUT2D eigenvalue weighted by Gasteiger charge is 2.04. The van der Waals surface area contributed by atoms with Gasteiger partial charge in [0.15, 0.2) is 11.6 Å². The number of carbonyl (C=O) groups is 1. The topological polar surface area (TPSA) is 50.4 Å². The minimum Gasteiger partial charge on any atom is -0.493 e. The molecule has 4 nitrogen and oxygen atoms in total. The molecule has 0 fully saturated rings. The number of nitrogens with one attached hydrogen (secondary N) is 2. The van der Waals surface area contributed by atoms with E-state index in [0.717, 1.165) is 12.1 Å². The lowest BCUT2D eigenvalue weighted by Gasteiger charge is -2.06. The van der Waals surface area contributed by atoms with Gasteiger partial charge >= 0.3 is 0 Å². The Labute approximate surface area is 97.9 Å². The second-order valence-corrected chi connectivity index (χ2v) is 3.33. The van der Waals surface area contributed by atoms with Gasteiger partial charge in [-0.15, -0.1) is 0 Å². The van der Waals surface area contributed by atoms with Gasteiger partial charge in [0.25, 0.3) is 0 Å². The quantitative estimate of drug-likeness (QED) is 0.587. The van der Waals surface area contributed by atoms with Crippen LogP contribution >= 0.6 is 0 Å². The van der Waals surface area contributed by atoms with E-state index in [1.807, 2.05) is 0 Å². The van der Waals surface area contributed by atoms with Crippen LogP contribution in [0.1, 0.15) is 12.8 Å². The minimum absolute atomic E-state index is 0.151. The molecule has 6 heteroatoms. The van der Waals surface area contributed by atoms with Gasteiger partial charge in [-0.1, -0.05) is 0 Å². The Balaban J connectivity index is 2.26. The summed E-state index contributed by atoms with van der Waals surface area (Å²) in [4.78, 5) is 11.0. The SMILES string of the molecule is CNNC(=O)CCCOc1ccc(F)c(F)c1. The number of carbonyl (C=O) groups excluding carboxylic acids is 1. The van der Waals surface area contributed by atoms with Gasteiger partial charge in [0.2, 0.25) is 5.91 Å². The van der Waals surface area contributed by atoms with Crippen molar-refractivity contribution >= 4 is 5.91 Å². The summed E-state index contributed by atoms with van der Waals surface area (Å²) in [6.45, 7) is 0.266. The standard InChI is InChI=1S/C11H14F2N2O2/c1-14-15-11(16)3-2-6-17-8-4-5-9(12)10(13)7-8/h4-5,7,14H,2-3,6H2,1H3,(H,15,16). The van der Waals surface area contributed by atoms with Crippen LogP contribution in [0.15, 0.2) is 18.2 Å². The van der Waals surface area contributed by atoms with E-state index in [1.54, 1.807) is 7.05 Å². The van der Waals surface area contributed by atoms with Crippen molar-refractivity contribution in [2.75, 3.05) is 13.7 Å². The summed E-state index contributed by atoms with van der Waals surface area (Å²) in [5, 5.41) is 0. The van der Waals surface area contributed by atoms with Crippen LogP contribution in [-0.2, 0) is 4.79 Å². The number of amides is 1. The molecule has 0 aliphatic rings. The lowest BCUT2D eigenvalue weighted by Crippen LogP contribution is -2.34. The summed E-state index contributed by atoms with van der Waals surface area (Å²) in [7, 11) is 1.59. The average molecular weight is 244 g/mol. The molecule has 94 valence electrons. The summed E-state index contributed by atoms with van der Waals surface area (Å²) in [5.74, 6) is -1.76. The highest BCUT2D eigenvalue weighted by molar-refractivity contribution is 5.75. The van der Waals surface area contributed by atoms with Crippen molar-refractivity contribution in [1.29, 1.82) is 0 Å². The van der Waals surface area contributed by atoms with Crippen LogP contribution in [0.25, 0.3) is 0 Å². The molecular formula is C11H14F2N2O2. The summed E-state index contributed by atoms with van der Waals surface area (Å²) in [5.41, 5.74) is 4.91. The second kappa shape index (κ2) is 6.80. The Morgan fingerprint density at radius 1 is 1.35 bits per heavy atom. The average Bonchev–Trinajstić information content (AvgIpc) is 2.29. The van der Waals surface area contributed by atoms with Crippen LogP contribution in [0.4, 0.5) is 8.78 Å². The highest BCUT2D eigenvalue weighted by Crippen LogP contribution is 2.15. The molecule has 0 bridgehead atoms. The molecule has 2 N–H and O–H groups in total. The van der Waals surface area contributed by atoms with Gasteiger partial charge < -0.3 is 4.74 Å². The van der Waals surface area contributed by atoms with Gasteiger partial charge in [0, 0.05) is 19.5 Å². The number of benzene rings is 1. The lowest BCUT2D eigenvalue weighted by molar-refractivity contribution is -0.122. The number of hydrazine groups is 1. The molecule has 1 amide bonds. The van der Waals surface area contributed by atoms with Crippen LogP contribution in [0.3, 0.4) is 0 Å². The highest BCUT2D eigenvalue weighted by atomic mass is 19.2. The van der Waals surface area contributed by atoms with Crippen LogP contribution in [0.2, 0.25) is 0 Å². The first-order valence-corrected chi connectivity index (χ1v) is 5.17. The fourth-order valence-electron chi connectivity index (χ4n) is 1.19. The summed E-state index contributed by atoms with van der Waals surface area (Å²) < 4.78 is 30.5. The molecule has 0 saturated carbocycles. The molecule has 0 atom stereocenters. The maximum atomic E-state index is 12.8. The van der Waals surface area contributed by atoms with Crippen LogP contribution in [0.5, 0.6) is 5.75 Å². The van der Waals surface area contributed by atoms with E-state index in [0.29, 0.717) is 12.8 Å². The Hall–Kier alpha value is -1.69. The third-order valence-electron chi connectivity index (χ3n) is 1.97. The molecule has 17 heavy (non-hydrogen) atoms. The van der Waals surface area contributed by atoms with Gasteiger partial charge in [-0.3, -0.25) is 10.2 Å². The monoisotopic (exact) mass is 244 g/mol. The lowest BCUT2D eigenvalue weighted by atomic mass is 10.3. The summed E-state index contributed by atoms with van der Waals surface area (Å²) >= 11 is 0. The van der Waals surface area contributed by atoms with Crippen LogP contribution in [-0.4, -0.2) is 19.6 Å². The van der Waals surface area contributed by atoms with Crippen molar-refractivity contribution in [3.8, 4) is 5.75 Å². The second-order valence-electron chi connectivity index (χ2n) is 3.33. The first-order chi connectivity index (χ1) is 8.13. The fourth-order valence-corrected chi connectivity index (χ4v) is 1.19. The van der Waals surface area contributed by atoms with E-state index in [4.69, 9.17) is 4.74 Å². The van der Waals surface area contributed by atoms with E-state index in [9.17, 15) is 13.6 Å². The van der Waals surface area contributed by atoms with E-state index in [2.05, 4.69) is 10.9 Å². The van der Waals surface area contributed by atoms with Crippen LogP contribution < -0.4 is 15.6 Å². The molecule has 0 heterocycles. The van der Waals surface area contributed by atoms with Crippen molar-refractivity contribution in [3.63, 3.8) is 0 Å². The van der Waals surface area contributed by atoms with Gasteiger partial charge in [-0.2, -0.15) is 0 Å². The molecule has 0 radical (unpaired) electrons. The summed E-state index contributed by atoms with van der Waals surface area (Å²) in [6.07, 6.45) is 0.789. The van der Waals surface area contributed by atoms with Gasteiger partial charge in [0.1, 0.15) is 5.75 Å². The molecule has 0 spiro atoms. The van der Waals surface area contributed by atoms with E-state index >= 15 is 0 Å². The zero-order chi connectivity index (χ0) is 12.7. The van der Waals surface area contributed by atoms with Crippen molar-refractivity contribution in [2.24, 2.45) is 0 Å². The molecule has 0 saturated heterocycles. The van der Waals surface area contributed by atoms with E-state index in [-0.39, 0.29) is 18.3 Å². The number of hydrogen-bond acceptors (Lipinski definition) is 3. The first-order valence-electron chi connectivity index (χ1n) is 5.17. The van der Waals surface area contributed by atoms with E-state index < -0.39 is 11.6 Å².